The average molecular weight is 356 g/mol. The van der Waals surface area contributed by atoms with Gasteiger partial charge in [-0.05, 0) is 30.5 Å². The Hall–Kier alpha value is -2.30. The van der Waals surface area contributed by atoms with Crippen molar-refractivity contribution in [3.63, 3.8) is 0 Å². The van der Waals surface area contributed by atoms with E-state index in [1.807, 2.05) is 42.4 Å². The Labute approximate surface area is 153 Å². The van der Waals surface area contributed by atoms with Crippen LogP contribution in [0.1, 0.15) is 30.9 Å². The number of nitriles is 1. The number of carbonyl (C=O) groups excluding carboxylic acids is 1. The standard InChI is InChI=1S/C19H24N4O3/c1-22-15(13-4-3-5-14(8-13)25-2)9-16(26-22)18(24)23-7-6-19(11-23)10-17(19)21-12-20/h3-5,8,15-17,21H,6-7,9-11H2,1-2H3/t15?,16?,17?,19-/m1/s1. The molecular weight excluding hydrogens is 332 g/mol. The lowest BCUT2D eigenvalue weighted by molar-refractivity contribution is -0.171. The maximum absolute atomic E-state index is 12.9. The topological polar surface area (TPSA) is 77.8 Å². The number of likely N-dealkylation sites (tertiary alicyclic amines) is 1. The number of nitrogens with zero attached hydrogens (tertiary/aromatic N) is 3. The summed E-state index contributed by atoms with van der Waals surface area (Å²) in [5, 5.41) is 13.4. The van der Waals surface area contributed by atoms with Crippen LogP contribution in [0.2, 0.25) is 0 Å². The summed E-state index contributed by atoms with van der Waals surface area (Å²) in [5.41, 5.74) is 1.18. The lowest BCUT2D eigenvalue weighted by atomic mass is 10.0. The molecule has 1 saturated carbocycles. The molecule has 4 rings (SSSR count). The third-order valence-corrected chi connectivity index (χ3v) is 6.05. The van der Waals surface area contributed by atoms with Crippen LogP contribution in [-0.4, -0.2) is 55.3 Å². The van der Waals surface area contributed by atoms with Crippen molar-refractivity contribution in [3.8, 4) is 11.9 Å². The van der Waals surface area contributed by atoms with Gasteiger partial charge in [-0.2, -0.15) is 10.3 Å². The molecule has 1 N–H and O–H groups in total. The fourth-order valence-electron chi connectivity index (χ4n) is 4.38. The number of amides is 1. The van der Waals surface area contributed by atoms with Gasteiger partial charge in [-0.3, -0.25) is 9.63 Å². The molecule has 7 nitrogen and oxygen atoms in total. The van der Waals surface area contributed by atoms with E-state index in [4.69, 9.17) is 14.8 Å². The first kappa shape index (κ1) is 17.1. The number of carbonyl (C=O) groups is 1. The van der Waals surface area contributed by atoms with Gasteiger partial charge in [-0.15, -0.1) is 0 Å². The fourth-order valence-corrected chi connectivity index (χ4v) is 4.38. The Morgan fingerprint density at radius 1 is 1.50 bits per heavy atom. The second-order valence-electron chi connectivity index (χ2n) is 7.55. The van der Waals surface area contributed by atoms with E-state index in [0.717, 1.165) is 37.2 Å². The van der Waals surface area contributed by atoms with Gasteiger partial charge >= 0.3 is 0 Å². The van der Waals surface area contributed by atoms with Gasteiger partial charge in [-0.25, -0.2) is 0 Å². The Morgan fingerprint density at radius 2 is 2.35 bits per heavy atom. The Kier molecular flexibility index (Phi) is 4.25. The molecule has 0 aromatic heterocycles. The first-order valence-electron chi connectivity index (χ1n) is 9.03. The molecule has 2 saturated heterocycles. The predicted molar refractivity (Wildman–Crippen MR) is 93.8 cm³/mol. The number of nitrogens with one attached hydrogen (secondary N) is 1. The molecule has 3 unspecified atom stereocenters. The van der Waals surface area contributed by atoms with Crippen LogP contribution in [0, 0.1) is 16.9 Å². The number of hydroxylamine groups is 2. The van der Waals surface area contributed by atoms with Crippen LogP contribution < -0.4 is 10.1 Å². The van der Waals surface area contributed by atoms with Crippen molar-refractivity contribution in [2.24, 2.45) is 5.41 Å². The van der Waals surface area contributed by atoms with Crippen molar-refractivity contribution in [1.29, 1.82) is 5.26 Å². The number of benzene rings is 1. The third-order valence-electron chi connectivity index (χ3n) is 6.05. The average Bonchev–Trinajstić information content (AvgIpc) is 2.97. The lowest BCUT2D eigenvalue weighted by Crippen LogP contribution is -2.38. The summed E-state index contributed by atoms with van der Waals surface area (Å²) >= 11 is 0. The molecule has 1 aliphatic carbocycles. The van der Waals surface area contributed by atoms with Crippen LogP contribution in [0.15, 0.2) is 24.3 Å². The van der Waals surface area contributed by atoms with Gasteiger partial charge in [0, 0.05) is 38.0 Å². The van der Waals surface area contributed by atoms with Crippen LogP contribution >= 0.6 is 0 Å². The van der Waals surface area contributed by atoms with E-state index < -0.39 is 6.10 Å². The maximum Gasteiger partial charge on any atom is 0.253 e. The summed E-state index contributed by atoms with van der Waals surface area (Å²) in [5.74, 6) is 0.860. The molecule has 3 fully saturated rings. The van der Waals surface area contributed by atoms with Gasteiger partial charge in [0.05, 0.1) is 13.2 Å². The minimum absolute atomic E-state index is 0.0320. The summed E-state index contributed by atoms with van der Waals surface area (Å²) in [4.78, 5) is 20.7. The third kappa shape index (κ3) is 2.89. The van der Waals surface area contributed by atoms with Crippen molar-refractivity contribution in [3.05, 3.63) is 29.8 Å². The first-order valence-corrected chi connectivity index (χ1v) is 9.03. The van der Waals surface area contributed by atoms with Crippen LogP contribution in [0.4, 0.5) is 0 Å². The highest BCUT2D eigenvalue weighted by atomic mass is 16.7. The maximum atomic E-state index is 12.9. The Balaban J connectivity index is 1.40. The van der Waals surface area contributed by atoms with E-state index in [-0.39, 0.29) is 23.4 Å². The molecule has 0 bridgehead atoms. The van der Waals surface area contributed by atoms with Crippen molar-refractivity contribution in [1.82, 2.24) is 15.3 Å². The van der Waals surface area contributed by atoms with Crippen molar-refractivity contribution >= 4 is 5.91 Å². The van der Waals surface area contributed by atoms with Crippen molar-refractivity contribution < 1.29 is 14.4 Å². The molecular formula is C19H24N4O3. The summed E-state index contributed by atoms with van der Waals surface area (Å²) in [6, 6.07) is 8.15. The van der Waals surface area contributed by atoms with Crippen molar-refractivity contribution in [2.45, 2.75) is 37.5 Å². The highest BCUT2D eigenvalue weighted by Crippen LogP contribution is 2.53. The van der Waals surface area contributed by atoms with Gasteiger partial charge < -0.3 is 15.0 Å². The molecule has 1 amide bonds. The van der Waals surface area contributed by atoms with Gasteiger partial charge in [-0.1, -0.05) is 12.1 Å². The van der Waals surface area contributed by atoms with E-state index in [1.165, 1.54) is 0 Å². The highest BCUT2D eigenvalue weighted by Gasteiger charge is 2.59. The monoisotopic (exact) mass is 356 g/mol. The van der Waals surface area contributed by atoms with E-state index in [1.54, 1.807) is 12.2 Å². The summed E-state index contributed by atoms with van der Waals surface area (Å²) < 4.78 is 5.30. The van der Waals surface area contributed by atoms with Gasteiger partial charge in [0.2, 0.25) is 0 Å². The number of ether oxygens (including phenoxy) is 1. The lowest BCUT2D eigenvalue weighted by Gasteiger charge is -2.20. The van der Waals surface area contributed by atoms with Crippen LogP contribution in [0.25, 0.3) is 0 Å². The molecule has 0 radical (unpaired) electrons. The van der Waals surface area contributed by atoms with Crippen LogP contribution in [0.3, 0.4) is 0 Å². The molecule has 138 valence electrons. The number of hydrogen-bond acceptors (Lipinski definition) is 6. The summed E-state index contributed by atoms with van der Waals surface area (Å²) in [6.07, 6.45) is 4.14. The SMILES string of the molecule is COc1cccc(C2CC(C(=O)N3CC[C@@]4(CC4NC#N)C3)ON2C)c1. The Bertz CT molecular complexity index is 749. The van der Waals surface area contributed by atoms with Gasteiger partial charge in [0.1, 0.15) is 5.75 Å². The van der Waals surface area contributed by atoms with Crippen LogP contribution in [-0.2, 0) is 9.63 Å². The predicted octanol–water partition coefficient (Wildman–Crippen LogP) is 1.43. The second kappa shape index (κ2) is 6.45. The van der Waals surface area contributed by atoms with E-state index in [9.17, 15) is 4.79 Å². The quantitative estimate of drug-likeness (QED) is 0.650. The molecule has 1 spiro atoms. The molecule has 3 aliphatic rings. The molecule has 26 heavy (non-hydrogen) atoms. The largest absolute Gasteiger partial charge is 0.497 e. The molecule has 7 heteroatoms. The number of rotatable bonds is 4. The molecule has 1 aromatic rings. The molecule has 1 aromatic carbocycles. The fraction of sp³-hybridized carbons (Fsp3) is 0.579. The summed E-state index contributed by atoms with van der Waals surface area (Å²) in [6.45, 7) is 1.47. The zero-order chi connectivity index (χ0) is 18.3. The normalized spacial score (nSPS) is 33.3. The highest BCUT2D eigenvalue weighted by molar-refractivity contribution is 5.81. The molecule has 2 heterocycles. The Morgan fingerprint density at radius 3 is 3.12 bits per heavy atom. The van der Waals surface area contributed by atoms with E-state index in [2.05, 4.69) is 5.32 Å². The van der Waals surface area contributed by atoms with E-state index in [0.29, 0.717) is 6.42 Å². The first-order chi connectivity index (χ1) is 12.6. The van der Waals surface area contributed by atoms with Gasteiger partial charge in [0.15, 0.2) is 12.3 Å². The van der Waals surface area contributed by atoms with E-state index >= 15 is 0 Å². The zero-order valence-electron chi connectivity index (χ0n) is 15.1. The number of methoxy groups -OCH3 is 1. The minimum atomic E-state index is -0.451. The van der Waals surface area contributed by atoms with Crippen molar-refractivity contribution in [2.75, 3.05) is 27.2 Å². The zero-order valence-corrected chi connectivity index (χ0v) is 15.1. The van der Waals surface area contributed by atoms with Gasteiger partial charge in [0.25, 0.3) is 5.91 Å². The van der Waals surface area contributed by atoms with Crippen LogP contribution in [0.5, 0.6) is 5.75 Å². The number of hydrogen-bond donors (Lipinski definition) is 1. The second-order valence-corrected chi connectivity index (χ2v) is 7.55. The molecule has 4 atom stereocenters. The molecule has 2 aliphatic heterocycles. The summed E-state index contributed by atoms with van der Waals surface area (Å²) in [7, 11) is 3.52. The smallest absolute Gasteiger partial charge is 0.253 e. The minimum Gasteiger partial charge on any atom is -0.497 e.